The summed E-state index contributed by atoms with van der Waals surface area (Å²) in [5, 5.41) is 0. The highest BCUT2D eigenvalue weighted by Crippen LogP contribution is 2.34. The molecule has 0 N–H and O–H groups in total. The van der Waals surface area contributed by atoms with Crippen LogP contribution in [0.5, 0.6) is 5.75 Å². The summed E-state index contributed by atoms with van der Waals surface area (Å²) in [5.41, 5.74) is 3.60. The molecular weight excluding hydrogens is 438 g/mol. The van der Waals surface area contributed by atoms with E-state index in [-0.39, 0.29) is 0 Å². The second-order valence-corrected chi connectivity index (χ2v) is 11.6. The summed E-state index contributed by atoms with van der Waals surface area (Å²) < 4.78 is 6.00. The molecule has 2 aromatic rings. The predicted molar refractivity (Wildman–Crippen MR) is 156 cm³/mol. The number of benzene rings is 1. The lowest BCUT2D eigenvalue weighted by Gasteiger charge is -2.28. The molecule has 0 bridgehead atoms. The Bertz CT molecular complexity index is 804. The molecule has 200 valence electrons. The van der Waals surface area contributed by atoms with Gasteiger partial charge in [0.05, 0.1) is 12.3 Å². The third-order valence-electron chi connectivity index (χ3n) is 8.41. The molecule has 36 heavy (non-hydrogen) atoms. The third-order valence-corrected chi connectivity index (χ3v) is 8.41. The highest BCUT2D eigenvalue weighted by molar-refractivity contribution is 5.60. The first-order valence-electron chi connectivity index (χ1n) is 15.4. The monoisotopic (exact) mass is 491 g/mol. The highest BCUT2D eigenvalue weighted by atomic mass is 16.5. The molecule has 1 saturated carbocycles. The summed E-state index contributed by atoms with van der Waals surface area (Å²) in [4.78, 5) is 4.78. The van der Waals surface area contributed by atoms with Crippen LogP contribution in [0.4, 0.5) is 0 Å². The molecule has 1 heterocycles. The maximum Gasteiger partial charge on any atom is 0.119 e. The molecule has 0 aliphatic heterocycles. The standard InChI is InChI=1S/C34H53NO/c1-4-6-8-9-11-28(3)12-10-26-36-33-23-21-32(22-24-33)34-25-20-31(27-35-34)19-18-30-16-14-29(15-17-30)13-7-5-2/h20-25,27-30H,4-19,26H2,1-3H3. The van der Waals surface area contributed by atoms with Crippen LogP contribution >= 0.6 is 0 Å². The second kappa shape index (κ2) is 16.8. The Labute approximate surface area is 222 Å². The van der Waals surface area contributed by atoms with E-state index in [1.165, 1.54) is 107 Å². The van der Waals surface area contributed by atoms with Crippen molar-refractivity contribution in [3.8, 4) is 17.0 Å². The van der Waals surface area contributed by atoms with Gasteiger partial charge in [0.1, 0.15) is 5.75 Å². The summed E-state index contributed by atoms with van der Waals surface area (Å²) in [5.74, 6) is 3.71. The SMILES string of the molecule is CCCCCCC(C)CCCOc1ccc(-c2ccc(CCC3CCC(CCCC)CC3)cn2)cc1. The molecule has 0 amide bonds. The fraction of sp³-hybridized carbons (Fsp3) is 0.676. The van der Waals surface area contributed by atoms with Gasteiger partial charge in [-0.25, -0.2) is 0 Å². The lowest BCUT2D eigenvalue weighted by Crippen LogP contribution is -2.15. The average Bonchev–Trinajstić information content (AvgIpc) is 2.92. The van der Waals surface area contributed by atoms with Gasteiger partial charge >= 0.3 is 0 Å². The van der Waals surface area contributed by atoms with Gasteiger partial charge in [-0.1, -0.05) is 104 Å². The first-order valence-corrected chi connectivity index (χ1v) is 15.4. The number of hydrogen-bond acceptors (Lipinski definition) is 2. The van der Waals surface area contributed by atoms with E-state index in [4.69, 9.17) is 9.72 Å². The number of aromatic nitrogens is 1. The minimum Gasteiger partial charge on any atom is -0.494 e. The zero-order valence-electron chi connectivity index (χ0n) is 23.6. The second-order valence-electron chi connectivity index (χ2n) is 11.6. The Hall–Kier alpha value is -1.83. The summed E-state index contributed by atoms with van der Waals surface area (Å²) in [7, 11) is 0. The molecule has 2 nitrogen and oxygen atoms in total. The molecule has 1 fully saturated rings. The number of hydrogen-bond donors (Lipinski definition) is 0. The molecule has 1 aliphatic carbocycles. The number of rotatable bonds is 17. The Kier molecular flexibility index (Phi) is 13.4. The van der Waals surface area contributed by atoms with Crippen molar-refractivity contribution in [1.29, 1.82) is 0 Å². The molecule has 1 atom stereocenters. The van der Waals surface area contributed by atoms with E-state index in [2.05, 4.69) is 63.4 Å². The molecule has 0 saturated heterocycles. The van der Waals surface area contributed by atoms with Crippen molar-refractivity contribution < 1.29 is 4.74 Å². The van der Waals surface area contributed by atoms with E-state index < -0.39 is 0 Å². The van der Waals surface area contributed by atoms with Crippen molar-refractivity contribution >= 4 is 0 Å². The maximum absolute atomic E-state index is 6.00. The highest BCUT2D eigenvalue weighted by Gasteiger charge is 2.20. The molecule has 1 aliphatic rings. The van der Waals surface area contributed by atoms with Crippen molar-refractivity contribution in [2.24, 2.45) is 17.8 Å². The largest absolute Gasteiger partial charge is 0.494 e. The van der Waals surface area contributed by atoms with Crippen LogP contribution in [-0.4, -0.2) is 11.6 Å². The van der Waals surface area contributed by atoms with E-state index in [0.29, 0.717) is 0 Å². The van der Waals surface area contributed by atoms with E-state index >= 15 is 0 Å². The summed E-state index contributed by atoms with van der Waals surface area (Å²) in [6, 6.07) is 12.9. The van der Waals surface area contributed by atoms with E-state index in [1.807, 2.05) is 0 Å². The van der Waals surface area contributed by atoms with Crippen molar-refractivity contribution in [1.82, 2.24) is 4.98 Å². The van der Waals surface area contributed by atoms with Gasteiger partial charge in [0.2, 0.25) is 0 Å². The number of ether oxygens (including phenoxy) is 1. The first kappa shape index (κ1) is 28.7. The molecule has 0 radical (unpaired) electrons. The molecular formula is C34H53NO. The van der Waals surface area contributed by atoms with Gasteiger partial charge in [0, 0.05) is 11.8 Å². The smallest absolute Gasteiger partial charge is 0.119 e. The molecule has 1 aromatic carbocycles. The lowest BCUT2D eigenvalue weighted by atomic mass is 9.78. The van der Waals surface area contributed by atoms with Gasteiger partial charge in [-0.3, -0.25) is 4.98 Å². The zero-order valence-corrected chi connectivity index (χ0v) is 23.6. The number of pyridine rings is 1. The molecule has 1 aromatic heterocycles. The lowest BCUT2D eigenvalue weighted by molar-refractivity contribution is 0.250. The summed E-state index contributed by atoms with van der Waals surface area (Å²) in [6.45, 7) is 7.79. The van der Waals surface area contributed by atoms with Crippen LogP contribution < -0.4 is 4.74 Å². The quantitative estimate of drug-likeness (QED) is 0.205. The van der Waals surface area contributed by atoms with Crippen molar-refractivity contribution in [2.45, 2.75) is 124 Å². The van der Waals surface area contributed by atoms with Crippen LogP contribution in [0.3, 0.4) is 0 Å². The van der Waals surface area contributed by atoms with Crippen molar-refractivity contribution in [3.05, 3.63) is 48.2 Å². The molecule has 1 unspecified atom stereocenters. The topological polar surface area (TPSA) is 22.1 Å². The van der Waals surface area contributed by atoms with Crippen molar-refractivity contribution in [2.75, 3.05) is 6.61 Å². The van der Waals surface area contributed by atoms with Gasteiger partial charge in [-0.2, -0.15) is 0 Å². The van der Waals surface area contributed by atoms with Gasteiger partial charge in [0.25, 0.3) is 0 Å². The number of nitrogens with zero attached hydrogens (tertiary/aromatic N) is 1. The van der Waals surface area contributed by atoms with Gasteiger partial charge in [0.15, 0.2) is 0 Å². The van der Waals surface area contributed by atoms with Crippen LogP contribution in [-0.2, 0) is 6.42 Å². The van der Waals surface area contributed by atoms with Crippen LogP contribution in [0.1, 0.15) is 123 Å². The Morgan fingerprint density at radius 2 is 1.47 bits per heavy atom. The van der Waals surface area contributed by atoms with Crippen LogP contribution in [0.25, 0.3) is 11.3 Å². The van der Waals surface area contributed by atoms with E-state index in [1.54, 1.807) is 0 Å². The number of aryl methyl sites for hydroxylation is 1. The first-order chi connectivity index (χ1) is 17.7. The zero-order chi connectivity index (χ0) is 25.4. The van der Waals surface area contributed by atoms with Crippen LogP contribution in [0.15, 0.2) is 42.6 Å². The fourth-order valence-corrected chi connectivity index (χ4v) is 5.82. The number of unbranched alkanes of at least 4 members (excludes halogenated alkanes) is 4. The Morgan fingerprint density at radius 1 is 0.778 bits per heavy atom. The average molecular weight is 492 g/mol. The molecule has 3 rings (SSSR count). The third kappa shape index (κ3) is 10.7. The van der Waals surface area contributed by atoms with Gasteiger partial charge in [-0.15, -0.1) is 0 Å². The summed E-state index contributed by atoms with van der Waals surface area (Å²) >= 11 is 0. The normalized spacial score (nSPS) is 18.8. The minimum absolute atomic E-state index is 0.811. The molecule has 2 heteroatoms. The van der Waals surface area contributed by atoms with Crippen molar-refractivity contribution in [3.63, 3.8) is 0 Å². The van der Waals surface area contributed by atoms with E-state index in [9.17, 15) is 0 Å². The maximum atomic E-state index is 6.00. The van der Waals surface area contributed by atoms with E-state index in [0.717, 1.165) is 42.2 Å². The van der Waals surface area contributed by atoms with Gasteiger partial charge < -0.3 is 4.74 Å². The minimum atomic E-state index is 0.811. The predicted octanol–water partition coefficient (Wildman–Crippen LogP) is 10.4. The Morgan fingerprint density at radius 3 is 2.14 bits per heavy atom. The Balaban J connectivity index is 1.33. The molecule has 0 spiro atoms. The van der Waals surface area contributed by atoms with Crippen LogP contribution in [0.2, 0.25) is 0 Å². The summed E-state index contributed by atoms with van der Waals surface area (Å²) in [6.07, 6.45) is 23.8. The van der Waals surface area contributed by atoms with Gasteiger partial charge in [-0.05, 0) is 79.3 Å². The van der Waals surface area contributed by atoms with Crippen LogP contribution in [0, 0.1) is 17.8 Å². The fourth-order valence-electron chi connectivity index (χ4n) is 5.82.